The zero-order valence-corrected chi connectivity index (χ0v) is 13.8. The van der Waals surface area contributed by atoms with Gasteiger partial charge in [-0.1, -0.05) is 31.2 Å². The Labute approximate surface area is 133 Å². The molecule has 4 nitrogen and oxygen atoms in total. The van der Waals surface area contributed by atoms with Gasteiger partial charge in [0.25, 0.3) is 0 Å². The maximum Gasteiger partial charge on any atom is 0.119 e. The fourth-order valence-corrected chi connectivity index (χ4v) is 2.92. The minimum absolute atomic E-state index is 0.240. The van der Waals surface area contributed by atoms with Crippen LogP contribution in [0.25, 0.3) is 0 Å². The van der Waals surface area contributed by atoms with Crippen LogP contribution in [0.3, 0.4) is 0 Å². The highest BCUT2D eigenvalue weighted by Gasteiger charge is 2.14. The van der Waals surface area contributed by atoms with E-state index >= 15 is 0 Å². The van der Waals surface area contributed by atoms with E-state index in [9.17, 15) is 4.91 Å². The molecule has 2 rings (SSSR count). The molecule has 1 saturated heterocycles. The summed E-state index contributed by atoms with van der Waals surface area (Å²) < 4.78 is 5.78. The number of hydrogen-bond acceptors (Lipinski definition) is 4. The molecule has 1 aliphatic heterocycles. The summed E-state index contributed by atoms with van der Waals surface area (Å²) >= 11 is 0. The molecule has 1 atom stereocenters. The fraction of sp³-hybridized carbons (Fsp3) is 0.667. The number of nitroso groups, excluding NO2 is 1. The lowest BCUT2D eigenvalue weighted by atomic mass is 9.99. The lowest BCUT2D eigenvalue weighted by molar-refractivity contribution is 0.177. The predicted octanol–water partition coefficient (Wildman–Crippen LogP) is 4.40. The number of ether oxygens (including phenoxy) is 1. The number of hydrogen-bond donors (Lipinski definition) is 0. The van der Waals surface area contributed by atoms with Gasteiger partial charge in [0.2, 0.25) is 0 Å². The Hall–Kier alpha value is -1.42. The quantitative estimate of drug-likeness (QED) is 0.528. The first-order chi connectivity index (χ1) is 10.7. The lowest BCUT2D eigenvalue weighted by Gasteiger charge is -2.30. The van der Waals surface area contributed by atoms with Crippen LogP contribution < -0.4 is 4.74 Å². The summed E-state index contributed by atoms with van der Waals surface area (Å²) in [5, 5.41) is 3.14. The van der Waals surface area contributed by atoms with Gasteiger partial charge in [-0.05, 0) is 62.4 Å². The summed E-state index contributed by atoms with van der Waals surface area (Å²) in [7, 11) is 0. The second-order valence-corrected chi connectivity index (χ2v) is 6.32. The number of rotatable bonds is 8. The molecule has 122 valence electrons. The average Bonchev–Trinajstić information content (AvgIpc) is 2.56. The van der Waals surface area contributed by atoms with Crippen LogP contribution in [0.5, 0.6) is 5.75 Å². The van der Waals surface area contributed by atoms with E-state index in [1.54, 1.807) is 0 Å². The molecular weight excluding hydrogens is 276 g/mol. The van der Waals surface area contributed by atoms with Gasteiger partial charge in [-0.25, -0.2) is 0 Å². The van der Waals surface area contributed by atoms with Crippen LogP contribution >= 0.6 is 0 Å². The van der Waals surface area contributed by atoms with Crippen molar-refractivity contribution in [3.8, 4) is 5.75 Å². The van der Waals surface area contributed by atoms with E-state index < -0.39 is 0 Å². The molecule has 0 amide bonds. The SMILES string of the molecule is CCC(N=O)c1ccc(OCCCN2CCC(C)CC2)cc1. The lowest BCUT2D eigenvalue weighted by Crippen LogP contribution is -2.34. The molecule has 1 aromatic carbocycles. The molecule has 0 saturated carbocycles. The third kappa shape index (κ3) is 5.09. The Morgan fingerprint density at radius 1 is 1.27 bits per heavy atom. The molecule has 1 aliphatic rings. The van der Waals surface area contributed by atoms with Crippen molar-refractivity contribution in [3.05, 3.63) is 34.7 Å². The maximum atomic E-state index is 10.7. The van der Waals surface area contributed by atoms with Crippen molar-refractivity contribution in [1.82, 2.24) is 4.90 Å². The Morgan fingerprint density at radius 3 is 2.55 bits per heavy atom. The van der Waals surface area contributed by atoms with Gasteiger partial charge >= 0.3 is 0 Å². The van der Waals surface area contributed by atoms with Crippen molar-refractivity contribution in [2.75, 3.05) is 26.2 Å². The highest BCUT2D eigenvalue weighted by Crippen LogP contribution is 2.23. The van der Waals surface area contributed by atoms with Crippen LogP contribution in [0.4, 0.5) is 0 Å². The standard InChI is InChI=1S/C18H28N2O2/c1-3-18(19-21)16-5-7-17(8-6-16)22-14-4-11-20-12-9-15(2)10-13-20/h5-8,15,18H,3-4,9-14H2,1-2H3. The highest BCUT2D eigenvalue weighted by atomic mass is 16.5. The molecular formula is C18H28N2O2. The number of benzene rings is 1. The van der Waals surface area contributed by atoms with Crippen molar-refractivity contribution < 1.29 is 4.74 Å². The molecule has 22 heavy (non-hydrogen) atoms. The summed E-state index contributed by atoms with van der Waals surface area (Å²) in [6.07, 6.45) is 4.44. The third-order valence-electron chi connectivity index (χ3n) is 4.54. The molecule has 0 spiro atoms. The van der Waals surface area contributed by atoms with Crippen molar-refractivity contribution >= 4 is 0 Å². The first-order valence-electron chi connectivity index (χ1n) is 8.50. The second kappa shape index (κ2) is 8.89. The topological polar surface area (TPSA) is 41.9 Å². The zero-order valence-electron chi connectivity index (χ0n) is 13.8. The van der Waals surface area contributed by atoms with Crippen molar-refractivity contribution in [2.24, 2.45) is 11.1 Å². The zero-order chi connectivity index (χ0) is 15.8. The van der Waals surface area contributed by atoms with Gasteiger partial charge in [-0.2, -0.15) is 4.91 Å². The third-order valence-corrected chi connectivity index (χ3v) is 4.54. The molecule has 1 heterocycles. The van der Waals surface area contributed by atoms with Crippen LogP contribution in [-0.4, -0.2) is 31.1 Å². The van der Waals surface area contributed by atoms with Gasteiger partial charge in [0, 0.05) is 6.54 Å². The van der Waals surface area contributed by atoms with Gasteiger partial charge in [0.05, 0.1) is 6.61 Å². The largest absolute Gasteiger partial charge is 0.494 e. The van der Waals surface area contributed by atoms with Gasteiger partial charge in [-0.3, -0.25) is 0 Å². The predicted molar refractivity (Wildman–Crippen MR) is 90.2 cm³/mol. The van der Waals surface area contributed by atoms with Crippen molar-refractivity contribution in [3.63, 3.8) is 0 Å². The monoisotopic (exact) mass is 304 g/mol. The van der Waals surface area contributed by atoms with Crippen molar-refractivity contribution in [1.29, 1.82) is 0 Å². The Kier molecular flexibility index (Phi) is 6.84. The molecule has 1 fully saturated rings. The van der Waals surface area contributed by atoms with Crippen LogP contribution in [-0.2, 0) is 0 Å². The Bertz CT molecular complexity index is 439. The molecule has 1 aromatic rings. The fourth-order valence-electron chi connectivity index (χ4n) is 2.92. The Balaban J connectivity index is 1.67. The summed E-state index contributed by atoms with van der Waals surface area (Å²) in [4.78, 5) is 13.3. The van der Waals surface area contributed by atoms with E-state index in [0.717, 1.165) is 43.2 Å². The molecule has 0 aliphatic carbocycles. The molecule has 0 bridgehead atoms. The van der Waals surface area contributed by atoms with Crippen LogP contribution in [0.15, 0.2) is 29.4 Å². The van der Waals surface area contributed by atoms with E-state index in [1.165, 1.54) is 25.9 Å². The van der Waals surface area contributed by atoms with Gasteiger partial charge < -0.3 is 9.64 Å². The van der Waals surface area contributed by atoms with Crippen LogP contribution in [0.1, 0.15) is 51.1 Å². The van der Waals surface area contributed by atoms with E-state index in [4.69, 9.17) is 4.74 Å². The second-order valence-electron chi connectivity index (χ2n) is 6.32. The average molecular weight is 304 g/mol. The molecule has 0 aromatic heterocycles. The smallest absolute Gasteiger partial charge is 0.119 e. The Morgan fingerprint density at radius 2 is 1.95 bits per heavy atom. The first kappa shape index (κ1) is 16.9. The van der Waals surface area contributed by atoms with Gasteiger partial charge in [-0.15, -0.1) is 0 Å². The maximum absolute atomic E-state index is 10.7. The van der Waals surface area contributed by atoms with Crippen LogP contribution in [0, 0.1) is 10.8 Å². The molecule has 0 N–H and O–H groups in total. The number of piperidine rings is 1. The number of likely N-dealkylation sites (tertiary alicyclic amines) is 1. The normalized spacial score (nSPS) is 18.1. The highest BCUT2D eigenvalue weighted by molar-refractivity contribution is 5.29. The minimum atomic E-state index is -0.240. The van der Waals surface area contributed by atoms with E-state index in [0.29, 0.717) is 0 Å². The summed E-state index contributed by atoms with van der Waals surface area (Å²) in [6.45, 7) is 8.64. The van der Waals surface area contributed by atoms with Crippen molar-refractivity contribution in [2.45, 2.75) is 45.6 Å². The summed E-state index contributed by atoms with van der Waals surface area (Å²) in [6, 6.07) is 7.52. The molecule has 4 heteroatoms. The first-order valence-corrected chi connectivity index (χ1v) is 8.50. The van der Waals surface area contributed by atoms with Gasteiger partial charge in [0.15, 0.2) is 0 Å². The summed E-state index contributed by atoms with van der Waals surface area (Å²) in [5.41, 5.74) is 0.965. The number of nitrogens with zero attached hydrogens (tertiary/aromatic N) is 2. The van der Waals surface area contributed by atoms with E-state index in [-0.39, 0.29) is 6.04 Å². The molecule has 1 unspecified atom stereocenters. The summed E-state index contributed by atoms with van der Waals surface area (Å²) in [5.74, 6) is 1.76. The van der Waals surface area contributed by atoms with E-state index in [2.05, 4.69) is 17.0 Å². The van der Waals surface area contributed by atoms with Gasteiger partial charge in [0.1, 0.15) is 11.8 Å². The molecule has 0 radical (unpaired) electrons. The van der Waals surface area contributed by atoms with Crippen LogP contribution in [0.2, 0.25) is 0 Å². The minimum Gasteiger partial charge on any atom is -0.494 e. The van der Waals surface area contributed by atoms with E-state index in [1.807, 2.05) is 31.2 Å².